The summed E-state index contributed by atoms with van der Waals surface area (Å²) in [6.45, 7) is 2.36. The molecule has 0 aliphatic heterocycles. The van der Waals surface area contributed by atoms with E-state index in [1.54, 1.807) is 31.2 Å². The van der Waals surface area contributed by atoms with Gasteiger partial charge in [0.1, 0.15) is 11.5 Å². The van der Waals surface area contributed by atoms with Crippen molar-refractivity contribution in [2.45, 2.75) is 13.3 Å². The van der Waals surface area contributed by atoms with Crippen molar-refractivity contribution in [1.29, 1.82) is 0 Å². The molecule has 0 saturated heterocycles. The Balaban J connectivity index is 2.39. The van der Waals surface area contributed by atoms with Gasteiger partial charge < -0.3 is 9.84 Å². The highest BCUT2D eigenvalue weighted by molar-refractivity contribution is 5.31. The smallest absolute Gasteiger partial charge is 0.123 e. The molecule has 0 aliphatic rings. The van der Waals surface area contributed by atoms with E-state index in [2.05, 4.69) is 11.8 Å². The molecule has 0 aromatic heterocycles. The van der Waals surface area contributed by atoms with E-state index >= 15 is 0 Å². The summed E-state index contributed by atoms with van der Waals surface area (Å²) < 4.78 is 5.33. The van der Waals surface area contributed by atoms with Crippen LogP contribution in [0.3, 0.4) is 0 Å². The molecule has 0 spiro atoms. The van der Waals surface area contributed by atoms with Crippen LogP contribution in [0, 0.1) is 11.8 Å². The summed E-state index contributed by atoms with van der Waals surface area (Å²) in [6.07, 6.45) is 0.714. The van der Waals surface area contributed by atoms with E-state index < -0.39 is 0 Å². The minimum Gasteiger partial charge on any atom is -0.508 e. The van der Waals surface area contributed by atoms with E-state index in [-0.39, 0.29) is 5.75 Å². The molecule has 0 saturated carbocycles. The van der Waals surface area contributed by atoms with Crippen molar-refractivity contribution >= 4 is 0 Å². The van der Waals surface area contributed by atoms with E-state index in [0.29, 0.717) is 18.8 Å². The standard InChI is InChI=1S/C11H12O2/c1-2-3-4-8-13-11-7-5-6-10(12)9-11/h5-7,9,12H,4,8H2,1H3. The Morgan fingerprint density at radius 3 is 3.00 bits per heavy atom. The number of hydrogen-bond acceptors (Lipinski definition) is 2. The first-order valence-electron chi connectivity index (χ1n) is 4.14. The predicted molar refractivity (Wildman–Crippen MR) is 51.7 cm³/mol. The van der Waals surface area contributed by atoms with Crippen molar-refractivity contribution in [2.24, 2.45) is 0 Å². The molecule has 0 atom stereocenters. The fourth-order valence-electron chi connectivity index (χ4n) is 0.918. The van der Waals surface area contributed by atoms with E-state index in [4.69, 9.17) is 9.84 Å². The van der Waals surface area contributed by atoms with Gasteiger partial charge in [-0.1, -0.05) is 6.07 Å². The van der Waals surface area contributed by atoms with Gasteiger partial charge >= 0.3 is 0 Å². The highest BCUT2D eigenvalue weighted by atomic mass is 16.5. The number of phenols is 1. The zero-order valence-corrected chi connectivity index (χ0v) is 7.58. The van der Waals surface area contributed by atoms with Crippen LogP contribution in [0.5, 0.6) is 11.5 Å². The Labute approximate surface area is 78.2 Å². The first kappa shape index (κ1) is 9.47. The summed E-state index contributed by atoms with van der Waals surface area (Å²) >= 11 is 0. The van der Waals surface area contributed by atoms with Crippen LogP contribution in [-0.4, -0.2) is 11.7 Å². The van der Waals surface area contributed by atoms with Crippen LogP contribution in [0.15, 0.2) is 24.3 Å². The first-order chi connectivity index (χ1) is 6.33. The summed E-state index contributed by atoms with van der Waals surface area (Å²) in [5.74, 6) is 6.58. The molecule has 0 fully saturated rings. The van der Waals surface area contributed by atoms with Gasteiger partial charge in [0, 0.05) is 12.5 Å². The Morgan fingerprint density at radius 1 is 1.46 bits per heavy atom. The zero-order valence-electron chi connectivity index (χ0n) is 7.58. The van der Waals surface area contributed by atoms with Crippen molar-refractivity contribution in [3.8, 4) is 23.3 Å². The first-order valence-corrected chi connectivity index (χ1v) is 4.14. The largest absolute Gasteiger partial charge is 0.508 e. The monoisotopic (exact) mass is 176 g/mol. The maximum absolute atomic E-state index is 9.11. The molecule has 2 heteroatoms. The molecule has 0 radical (unpaired) electrons. The highest BCUT2D eigenvalue weighted by Gasteiger charge is 1.93. The third kappa shape index (κ3) is 3.53. The third-order valence-corrected chi connectivity index (χ3v) is 1.49. The number of aromatic hydroxyl groups is 1. The van der Waals surface area contributed by atoms with Crippen molar-refractivity contribution in [1.82, 2.24) is 0 Å². The van der Waals surface area contributed by atoms with Gasteiger partial charge in [-0.15, -0.1) is 11.8 Å². The lowest BCUT2D eigenvalue weighted by atomic mass is 10.3. The molecule has 68 valence electrons. The summed E-state index contributed by atoms with van der Waals surface area (Å²) in [6, 6.07) is 6.74. The molecule has 0 heterocycles. The molecule has 1 rings (SSSR count). The van der Waals surface area contributed by atoms with Crippen LogP contribution in [-0.2, 0) is 0 Å². The summed E-state index contributed by atoms with van der Waals surface area (Å²) in [4.78, 5) is 0. The van der Waals surface area contributed by atoms with Gasteiger partial charge in [-0.2, -0.15) is 0 Å². The second-order valence-corrected chi connectivity index (χ2v) is 2.52. The second kappa shape index (κ2) is 5.10. The maximum atomic E-state index is 9.11. The topological polar surface area (TPSA) is 29.5 Å². The normalized spacial score (nSPS) is 8.69. The highest BCUT2D eigenvalue weighted by Crippen LogP contribution is 2.17. The fourth-order valence-corrected chi connectivity index (χ4v) is 0.918. The quantitative estimate of drug-likeness (QED) is 0.565. The van der Waals surface area contributed by atoms with Crippen LogP contribution in [0.4, 0.5) is 0 Å². The fraction of sp³-hybridized carbons (Fsp3) is 0.273. The van der Waals surface area contributed by atoms with Crippen LogP contribution >= 0.6 is 0 Å². The molecule has 0 aliphatic carbocycles. The van der Waals surface area contributed by atoms with Gasteiger partial charge in [0.15, 0.2) is 0 Å². The van der Waals surface area contributed by atoms with Crippen LogP contribution in [0.25, 0.3) is 0 Å². The van der Waals surface area contributed by atoms with E-state index in [1.165, 1.54) is 0 Å². The van der Waals surface area contributed by atoms with E-state index in [9.17, 15) is 0 Å². The number of rotatable bonds is 3. The van der Waals surface area contributed by atoms with Crippen LogP contribution < -0.4 is 4.74 Å². The SMILES string of the molecule is CC#CCCOc1cccc(O)c1. The average molecular weight is 176 g/mol. The second-order valence-electron chi connectivity index (χ2n) is 2.52. The lowest BCUT2D eigenvalue weighted by Gasteiger charge is -2.03. The number of benzene rings is 1. The van der Waals surface area contributed by atoms with E-state index in [0.717, 1.165) is 0 Å². The van der Waals surface area contributed by atoms with Crippen molar-refractivity contribution in [3.05, 3.63) is 24.3 Å². The van der Waals surface area contributed by atoms with Crippen molar-refractivity contribution in [2.75, 3.05) is 6.61 Å². The number of phenolic OH excluding ortho intramolecular Hbond substituents is 1. The summed E-state index contributed by atoms with van der Waals surface area (Å²) in [5.41, 5.74) is 0. The molecule has 0 amide bonds. The molecule has 1 N–H and O–H groups in total. The summed E-state index contributed by atoms with van der Waals surface area (Å²) in [5, 5.41) is 9.11. The third-order valence-electron chi connectivity index (χ3n) is 1.49. The Kier molecular flexibility index (Phi) is 3.72. The predicted octanol–water partition coefficient (Wildman–Crippen LogP) is 2.18. The molecule has 0 bridgehead atoms. The minimum atomic E-state index is 0.221. The molecular weight excluding hydrogens is 164 g/mol. The van der Waals surface area contributed by atoms with Gasteiger partial charge in [0.05, 0.1) is 6.61 Å². The average Bonchev–Trinajstić information content (AvgIpc) is 2.13. The van der Waals surface area contributed by atoms with Gasteiger partial charge in [-0.3, -0.25) is 0 Å². The van der Waals surface area contributed by atoms with E-state index in [1.807, 2.05) is 0 Å². The van der Waals surface area contributed by atoms with Gasteiger partial charge in [-0.25, -0.2) is 0 Å². The van der Waals surface area contributed by atoms with Crippen LogP contribution in [0.2, 0.25) is 0 Å². The minimum absolute atomic E-state index is 0.221. The Morgan fingerprint density at radius 2 is 2.31 bits per heavy atom. The number of hydrogen-bond donors (Lipinski definition) is 1. The lowest BCUT2D eigenvalue weighted by molar-refractivity contribution is 0.325. The van der Waals surface area contributed by atoms with Crippen LogP contribution in [0.1, 0.15) is 13.3 Å². The zero-order chi connectivity index (χ0) is 9.52. The Hall–Kier alpha value is -1.62. The molecule has 1 aromatic rings. The summed E-state index contributed by atoms with van der Waals surface area (Å²) in [7, 11) is 0. The van der Waals surface area contributed by atoms with Gasteiger partial charge in [0.2, 0.25) is 0 Å². The molecule has 0 unspecified atom stereocenters. The molecule has 13 heavy (non-hydrogen) atoms. The van der Waals surface area contributed by atoms with Crippen molar-refractivity contribution < 1.29 is 9.84 Å². The Bertz CT molecular complexity index is 320. The van der Waals surface area contributed by atoms with Gasteiger partial charge in [-0.05, 0) is 19.1 Å². The maximum Gasteiger partial charge on any atom is 0.123 e. The number of ether oxygens (including phenoxy) is 1. The molecule has 2 nitrogen and oxygen atoms in total. The lowest BCUT2D eigenvalue weighted by Crippen LogP contribution is -1.95. The molecular formula is C11H12O2. The van der Waals surface area contributed by atoms with Gasteiger partial charge in [0.25, 0.3) is 0 Å². The van der Waals surface area contributed by atoms with Crippen molar-refractivity contribution in [3.63, 3.8) is 0 Å². The molecule has 1 aromatic carbocycles.